The van der Waals surface area contributed by atoms with Crippen molar-refractivity contribution < 1.29 is 4.42 Å². The Morgan fingerprint density at radius 1 is 1.47 bits per heavy atom. The summed E-state index contributed by atoms with van der Waals surface area (Å²) in [6.45, 7) is 4.24. The van der Waals surface area contributed by atoms with Crippen LogP contribution in [0.1, 0.15) is 31.9 Å². The molecule has 1 aliphatic rings. The zero-order chi connectivity index (χ0) is 10.9. The van der Waals surface area contributed by atoms with Crippen LogP contribution in [0.25, 0.3) is 0 Å². The van der Waals surface area contributed by atoms with Gasteiger partial charge in [0.1, 0.15) is 5.76 Å². The van der Waals surface area contributed by atoms with Gasteiger partial charge in [0.15, 0.2) is 4.67 Å². The molecule has 1 fully saturated rings. The van der Waals surface area contributed by atoms with Crippen molar-refractivity contribution in [3.8, 4) is 0 Å². The molecule has 0 unspecified atom stereocenters. The van der Waals surface area contributed by atoms with E-state index >= 15 is 0 Å². The summed E-state index contributed by atoms with van der Waals surface area (Å²) in [5.74, 6) is 0.969. The van der Waals surface area contributed by atoms with Crippen LogP contribution in [0.2, 0.25) is 0 Å². The minimum absolute atomic E-state index is 0.529. The summed E-state index contributed by atoms with van der Waals surface area (Å²) in [5.41, 5.74) is 0.529. The average Bonchev–Trinajstić information content (AvgIpc) is 2.43. The first-order chi connectivity index (χ1) is 7.09. The van der Waals surface area contributed by atoms with E-state index in [2.05, 4.69) is 44.1 Å². The van der Waals surface area contributed by atoms with Crippen molar-refractivity contribution in [1.29, 1.82) is 0 Å². The Labute approximate surface area is 107 Å². The highest BCUT2D eigenvalue weighted by atomic mass is 79.9. The molecular weight excluding hydrogens is 322 g/mol. The molecular formula is C11H15Br2NO. The van der Waals surface area contributed by atoms with Crippen molar-refractivity contribution in [2.24, 2.45) is 5.41 Å². The third-order valence-electron chi connectivity index (χ3n) is 3.11. The average molecular weight is 337 g/mol. The van der Waals surface area contributed by atoms with Gasteiger partial charge < -0.3 is 9.73 Å². The standard InChI is InChI=1S/C11H15Br2NO/c1-11(3-2-4-11)7-14-6-8-5-9(12)10(13)15-8/h5,14H,2-4,6-7H2,1H3. The largest absolute Gasteiger partial charge is 0.452 e. The lowest BCUT2D eigenvalue weighted by atomic mass is 9.70. The van der Waals surface area contributed by atoms with Crippen LogP contribution in [0.15, 0.2) is 19.6 Å². The molecule has 15 heavy (non-hydrogen) atoms. The Kier molecular flexibility index (Phi) is 3.58. The van der Waals surface area contributed by atoms with E-state index in [1.54, 1.807) is 0 Å². The van der Waals surface area contributed by atoms with Crippen LogP contribution in [0.4, 0.5) is 0 Å². The van der Waals surface area contributed by atoms with Crippen molar-refractivity contribution in [3.05, 3.63) is 21.0 Å². The maximum atomic E-state index is 5.49. The quantitative estimate of drug-likeness (QED) is 0.896. The zero-order valence-corrected chi connectivity index (χ0v) is 11.9. The van der Waals surface area contributed by atoms with Crippen molar-refractivity contribution in [1.82, 2.24) is 5.32 Å². The first-order valence-corrected chi connectivity index (χ1v) is 6.82. The summed E-state index contributed by atoms with van der Waals surface area (Å²) in [6, 6.07) is 2.00. The molecule has 1 aromatic heterocycles. The highest BCUT2D eigenvalue weighted by Gasteiger charge is 2.30. The van der Waals surface area contributed by atoms with Gasteiger partial charge in [-0.25, -0.2) is 0 Å². The van der Waals surface area contributed by atoms with Crippen LogP contribution < -0.4 is 5.32 Å². The summed E-state index contributed by atoms with van der Waals surface area (Å²) in [5, 5.41) is 3.45. The number of rotatable bonds is 4. The summed E-state index contributed by atoms with van der Waals surface area (Å²) in [6.07, 6.45) is 4.09. The highest BCUT2D eigenvalue weighted by molar-refractivity contribution is 9.13. The molecule has 0 radical (unpaired) electrons. The van der Waals surface area contributed by atoms with Crippen molar-refractivity contribution in [2.45, 2.75) is 32.7 Å². The first kappa shape index (κ1) is 11.7. The minimum Gasteiger partial charge on any atom is -0.452 e. The molecule has 1 heterocycles. The van der Waals surface area contributed by atoms with Gasteiger partial charge in [0, 0.05) is 6.54 Å². The molecule has 0 spiro atoms. The molecule has 1 aromatic rings. The van der Waals surface area contributed by atoms with Crippen LogP contribution in [0.5, 0.6) is 0 Å². The summed E-state index contributed by atoms with van der Waals surface area (Å²) >= 11 is 6.73. The predicted octanol–water partition coefficient (Wildman–Crippen LogP) is 4.08. The lowest BCUT2D eigenvalue weighted by molar-refractivity contribution is 0.155. The smallest absolute Gasteiger partial charge is 0.183 e. The monoisotopic (exact) mass is 335 g/mol. The summed E-state index contributed by atoms with van der Waals surface area (Å²) < 4.78 is 7.24. The second-order valence-electron chi connectivity index (χ2n) is 4.60. The molecule has 0 aliphatic heterocycles. The maximum Gasteiger partial charge on any atom is 0.183 e. The second-order valence-corrected chi connectivity index (χ2v) is 6.18. The number of furan rings is 1. The minimum atomic E-state index is 0.529. The molecule has 0 saturated heterocycles. The molecule has 0 bridgehead atoms. The fraction of sp³-hybridized carbons (Fsp3) is 0.636. The fourth-order valence-electron chi connectivity index (χ4n) is 1.92. The Morgan fingerprint density at radius 2 is 2.20 bits per heavy atom. The van der Waals surface area contributed by atoms with E-state index in [-0.39, 0.29) is 0 Å². The Balaban J connectivity index is 1.78. The van der Waals surface area contributed by atoms with Crippen LogP contribution in [-0.2, 0) is 6.54 Å². The molecule has 2 rings (SSSR count). The van der Waals surface area contributed by atoms with Crippen molar-refractivity contribution in [2.75, 3.05) is 6.54 Å². The van der Waals surface area contributed by atoms with Gasteiger partial charge in [-0.2, -0.15) is 0 Å². The van der Waals surface area contributed by atoms with Crippen LogP contribution >= 0.6 is 31.9 Å². The van der Waals surface area contributed by atoms with E-state index in [1.165, 1.54) is 19.3 Å². The highest BCUT2D eigenvalue weighted by Crippen LogP contribution is 2.39. The summed E-state index contributed by atoms with van der Waals surface area (Å²) in [7, 11) is 0. The fourth-order valence-corrected chi connectivity index (χ4v) is 2.58. The Morgan fingerprint density at radius 3 is 2.67 bits per heavy atom. The summed E-state index contributed by atoms with van der Waals surface area (Å²) in [4.78, 5) is 0. The van der Waals surface area contributed by atoms with Crippen LogP contribution in [0, 0.1) is 5.41 Å². The molecule has 1 N–H and O–H groups in total. The van der Waals surface area contributed by atoms with Gasteiger partial charge in [-0.3, -0.25) is 0 Å². The number of hydrogen-bond donors (Lipinski definition) is 1. The van der Waals surface area contributed by atoms with Crippen molar-refractivity contribution in [3.63, 3.8) is 0 Å². The lowest BCUT2D eigenvalue weighted by Gasteiger charge is -2.38. The van der Waals surface area contributed by atoms with Gasteiger partial charge in [0.05, 0.1) is 11.0 Å². The molecule has 0 atom stereocenters. The van der Waals surface area contributed by atoms with E-state index in [9.17, 15) is 0 Å². The third-order valence-corrected chi connectivity index (χ3v) is 4.82. The van der Waals surface area contributed by atoms with Gasteiger partial charge in [0.2, 0.25) is 0 Å². The van der Waals surface area contributed by atoms with E-state index in [0.29, 0.717) is 5.41 Å². The second kappa shape index (κ2) is 4.60. The van der Waals surface area contributed by atoms with Gasteiger partial charge in [-0.15, -0.1) is 0 Å². The number of nitrogens with one attached hydrogen (secondary N) is 1. The van der Waals surface area contributed by atoms with Gasteiger partial charge >= 0.3 is 0 Å². The van der Waals surface area contributed by atoms with E-state index < -0.39 is 0 Å². The van der Waals surface area contributed by atoms with Gasteiger partial charge in [-0.1, -0.05) is 13.3 Å². The molecule has 1 aliphatic carbocycles. The first-order valence-electron chi connectivity index (χ1n) is 5.23. The normalized spacial score (nSPS) is 18.9. The molecule has 0 aromatic carbocycles. The van der Waals surface area contributed by atoms with Crippen molar-refractivity contribution >= 4 is 31.9 Å². The van der Waals surface area contributed by atoms with E-state index in [0.717, 1.165) is 28.0 Å². The topological polar surface area (TPSA) is 25.2 Å². The van der Waals surface area contributed by atoms with Crippen LogP contribution in [-0.4, -0.2) is 6.54 Å². The lowest BCUT2D eigenvalue weighted by Crippen LogP contribution is -2.36. The molecule has 4 heteroatoms. The van der Waals surface area contributed by atoms with Gasteiger partial charge in [-0.05, 0) is 56.2 Å². The zero-order valence-electron chi connectivity index (χ0n) is 8.78. The predicted molar refractivity (Wildman–Crippen MR) is 67.8 cm³/mol. The molecule has 0 amide bonds. The van der Waals surface area contributed by atoms with E-state index in [4.69, 9.17) is 4.42 Å². The van der Waals surface area contributed by atoms with Gasteiger partial charge in [0.25, 0.3) is 0 Å². The van der Waals surface area contributed by atoms with Crippen LogP contribution in [0.3, 0.4) is 0 Å². The molecule has 84 valence electrons. The third kappa shape index (κ3) is 2.86. The number of hydrogen-bond acceptors (Lipinski definition) is 2. The Hall–Kier alpha value is 0.200. The molecule has 2 nitrogen and oxygen atoms in total. The maximum absolute atomic E-state index is 5.49. The SMILES string of the molecule is CC1(CNCc2cc(Br)c(Br)o2)CCC1. The van der Waals surface area contributed by atoms with E-state index in [1.807, 2.05) is 6.07 Å². The number of halogens is 2. The Bertz CT molecular complexity index is 325. The molecule has 1 saturated carbocycles.